The third-order valence-electron chi connectivity index (χ3n) is 5.32. The van der Waals surface area contributed by atoms with Crippen LogP contribution in [0.1, 0.15) is 26.3 Å². The van der Waals surface area contributed by atoms with E-state index in [2.05, 4.69) is 40.8 Å². The molecule has 0 radical (unpaired) electrons. The lowest BCUT2D eigenvalue weighted by molar-refractivity contribution is -0.119. The van der Waals surface area contributed by atoms with Crippen molar-refractivity contribution in [3.8, 4) is 23.1 Å². The van der Waals surface area contributed by atoms with E-state index >= 15 is 0 Å². The van der Waals surface area contributed by atoms with Gasteiger partial charge in [-0.25, -0.2) is 18.3 Å². The molecule has 1 saturated heterocycles. The Hall–Kier alpha value is -4.04. The number of hydrogen-bond donors (Lipinski definition) is 1. The van der Waals surface area contributed by atoms with Crippen LogP contribution in [0.15, 0.2) is 48.8 Å². The molecule has 0 saturated carbocycles. The lowest BCUT2D eigenvalue weighted by Gasteiger charge is -2.15. The summed E-state index contributed by atoms with van der Waals surface area (Å²) in [4.78, 5) is 24.4. The number of anilines is 1. The van der Waals surface area contributed by atoms with Gasteiger partial charge in [0.2, 0.25) is 5.91 Å². The largest absolute Gasteiger partial charge is 0.442 e. The Balaban J connectivity index is 0.000000590. The van der Waals surface area contributed by atoms with Crippen LogP contribution in [0.2, 0.25) is 19.6 Å². The quantitative estimate of drug-likeness (QED) is 0.331. The molecule has 8 nitrogen and oxygen atoms in total. The predicted molar refractivity (Wildman–Crippen MR) is 151 cm³/mol. The summed E-state index contributed by atoms with van der Waals surface area (Å²) < 4.78 is 36.0. The topological polar surface area (TPSA) is 89.4 Å². The van der Waals surface area contributed by atoms with Crippen LogP contribution in [0.5, 0.6) is 0 Å². The highest BCUT2D eigenvalue weighted by molar-refractivity contribution is 6.83. The number of aromatic nitrogens is 3. The molecule has 1 aliphatic heterocycles. The molecule has 2 heterocycles. The number of hydrogen-bond acceptors (Lipinski definition) is 5. The Morgan fingerprint density at radius 3 is 2.41 bits per heavy atom. The number of nitrogens with one attached hydrogen (secondary N) is 1. The van der Waals surface area contributed by atoms with Gasteiger partial charge in [-0.1, -0.05) is 50.8 Å². The van der Waals surface area contributed by atoms with Crippen molar-refractivity contribution in [2.24, 2.45) is 0 Å². The van der Waals surface area contributed by atoms with Crippen molar-refractivity contribution in [2.75, 3.05) is 18.0 Å². The average molecular weight is 556 g/mol. The molecular weight excluding hydrogens is 520 g/mol. The summed E-state index contributed by atoms with van der Waals surface area (Å²) in [6, 6.07) is 8.73. The minimum absolute atomic E-state index is 0.179. The van der Waals surface area contributed by atoms with Crippen LogP contribution in [0.4, 0.5) is 19.3 Å². The number of terminal acetylenes is 1. The number of ether oxygens (including phenoxy) is 1. The van der Waals surface area contributed by atoms with Crippen molar-refractivity contribution in [3.05, 3.63) is 66.0 Å². The van der Waals surface area contributed by atoms with Gasteiger partial charge in [0.1, 0.15) is 25.8 Å². The molecule has 2 amide bonds. The van der Waals surface area contributed by atoms with E-state index in [1.807, 2.05) is 13.8 Å². The third-order valence-corrected chi connectivity index (χ3v) is 6.18. The first-order valence-electron chi connectivity index (χ1n) is 12.6. The van der Waals surface area contributed by atoms with E-state index in [-0.39, 0.29) is 31.1 Å². The van der Waals surface area contributed by atoms with Gasteiger partial charge in [0.15, 0.2) is 0 Å². The number of rotatable bonds is 6. The van der Waals surface area contributed by atoms with Gasteiger partial charge in [-0.3, -0.25) is 9.69 Å². The van der Waals surface area contributed by atoms with Crippen molar-refractivity contribution < 1.29 is 23.1 Å². The first kappa shape index (κ1) is 31.2. The number of halogens is 2. The number of carbonyl (C=O) groups is 2. The lowest BCUT2D eigenvalue weighted by Crippen LogP contribution is -2.33. The van der Waals surface area contributed by atoms with E-state index in [0.29, 0.717) is 16.8 Å². The highest BCUT2D eigenvalue weighted by Gasteiger charge is 2.32. The fraction of sp³-hybridized carbons (Fsp3) is 0.357. The summed E-state index contributed by atoms with van der Waals surface area (Å²) in [6.45, 7) is 12.4. The second kappa shape index (κ2) is 14.2. The van der Waals surface area contributed by atoms with Crippen LogP contribution in [0, 0.1) is 23.6 Å². The van der Waals surface area contributed by atoms with Gasteiger partial charge in [0.25, 0.3) is 0 Å². The summed E-state index contributed by atoms with van der Waals surface area (Å²) in [5, 5.41) is 10.1. The molecule has 39 heavy (non-hydrogen) atoms. The zero-order valence-electron chi connectivity index (χ0n) is 23.2. The van der Waals surface area contributed by atoms with Gasteiger partial charge in [0.05, 0.1) is 31.5 Å². The maximum atomic E-state index is 14.8. The van der Waals surface area contributed by atoms with Crippen LogP contribution in [-0.4, -0.2) is 54.3 Å². The maximum absolute atomic E-state index is 14.8. The Morgan fingerprint density at radius 2 is 1.87 bits per heavy atom. The molecule has 1 aromatic heterocycles. The Morgan fingerprint density at radius 1 is 1.18 bits per heavy atom. The van der Waals surface area contributed by atoms with Crippen LogP contribution in [-0.2, 0) is 16.1 Å². The molecule has 0 bridgehead atoms. The summed E-state index contributed by atoms with van der Waals surface area (Å²) in [6.07, 6.45) is 7.10. The molecule has 0 spiro atoms. The van der Waals surface area contributed by atoms with Gasteiger partial charge >= 0.3 is 6.09 Å². The van der Waals surface area contributed by atoms with Crippen molar-refractivity contribution in [3.63, 3.8) is 0 Å². The third kappa shape index (κ3) is 9.33. The number of cyclic esters (lactones) is 1. The molecule has 0 aliphatic carbocycles. The number of benzene rings is 2. The first-order valence-corrected chi connectivity index (χ1v) is 16.1. The first-order chi connectivity index (χ1) is 18.5. The predicted octanol–water partition coefficient (Wildman–Crippen LogP) is 5.26. The van der Waals surface area contributed by atoms with Gasteiger partial charge in [-0.15, -0.1) is 17.1 Å². The molecule has 208 valence electrons. The Kier molecular flexibility index (Phi) is 11.4. The van der Waals surface area contributed by atoms with Crippen LogP contribution in [0.3, 0.4) is 0 Å². The fourth-order valence-corrected chi connectivity index (χ4v) is 3.34. The van der Waals surface area contributed by atoms with Crippen LogP contribution < -0.4 is 10.2 Å². The van der Waals surface area contributed by atoms with E-state index in [4.69, 9.17) is 11.2 Å². The van der Waals surface area contributed by atoms with Crippen molar-refractivity contribution >= 4 is 25.8 Å². The molecule has 1 atom stereocenters. The van der Waals surface area contributed by atoms with Gasteiger partial charge in [0, 0.05) is 24.2 Å². The Bertz CT molecular complexity index is 1300. The maximum Gasteiger partial charge on any atom is 0.414 e. The smallest absolute Gasteiger partial charge is 0.414 e. The van der Waals surface area contributed by atoms with Crippen LogP contribution in [0.25, 0.3) is 11.1 Å². The minimum Gasteiger partial charge on any atom is -0.442 e. The molecule has 3 aromatic rings. The molecule has 2 aromatic carbocycles. The second-order valence-electron chi connectivity index (χ2n) is 9.52. The summed E-state index contributed by atoms with van der Waals surface area (Å²) >= 11 is 0. The highest BCUT2D eigenvalue weighted by Crippen LogP contribution is 2.30. The normalized spacial score (nSPS) is 14.3. The lowest BCUT2D eigenvalue weighted by atomic mass is 10.0. The van der Waals surface area contributed by atoms with Crippen LogP contribution >= 0.6 is 0 Å². The van der Waals surface area contributed by atoms with E-state index < -0.39 is 31.9 Å². The van der Waals surface area contributed by atoms with Gasteiger partial charge < -0.3 is 10.1 Å². The van der Waals surface area contributed by atoms with Crippen molar-refractivity contribution in [1.29, 1.82) is 0 Å². The minimum atomic E-state index is -1.10. The van der Waals surface area contributed by atoms with Crippen molar-refractivity contribution in [1.82, 2.24) is 20.3 Å². The van der Waals surface area contributed by atoms with Gasteiger partial charge in [-0.2, -0.15) is 0 Å². The van der Waals surface area contributed by atoms with Gasteiger partial charge in [-0.05, 0) is 29.8 Å². The molecule has 4 rings (SSSR count). The zero-order valence-corrected chi connectivity index (χ0v) is 24.2. The summed E-state index contributed by atoms with van der Waals surface area (Å²) in [5.41, 5.74) is 4.04. The van der Waals surface area contributed by atoms with E-state index in [1.165, 1.54) is 40.9 Å². The number of amides is 2. The van der Waals surface area contributed by atoms with E-state index in [1.54, 1.807) is 24.4 Å². The summed E-state index contributed by atoms with van der Waals surface area (Å²) in [5.74, 6) is -1.32. The van der Waals surface area contributed by atoms with E-state index in [0.717, 1.165) is 0 Å². The average Bonchev–Trinajstić information content (AvgIpc) is 3.54. The Labute approximate surface area is 229 Å². The highest BCUT2D eigenvalue weighted by atomic mass is 28.3. The fourth-order valence-electron chi connectivity index (χ4n) is 3.34. The number of carbonyl (C=O) groups excluding carboxylic acids is 2. The molecule has 11 heteroatoms. The molecule has 0 unspecified atom stereocenters. The molecule has 1 aliphatic rings. The zero-order chi connectivity index (χ0) is 29.2. The second-order valence-corrected chi connectivity index (χ2v) is 14.3. The summed E-state index contributed by atoms with van der Waals surface area (Å²) in [7, 11) is -1.10. The van der Waals surface area contributed by atoms with E-state index in [9.17, 15) is 18.4 Å². The molecule has 1 N–H and O–H groups in total. The molecule has 1 fully saturated rings. The monoisotopic (exact) mass is 555 g/mol. The number of nitrogens with zero attached hydrogens (tertiary/aromatic N) is 4. The SMILES string of the molecule is C#C[Si](C)(C)C.CC.CC(=O)NC[C@H]1CN(c2ccc(-c3ccc(Cn4ccnn4)c(F)c3)c(F)c2)C(=O)O1. The standard InChI is InChI=1S/C21H19F2N5O3.C5H10Si.C2H6/c1-13(29)24-10-17-12-28(21(30)31-17)16-4-5-18(20(23)9-16)14-2-3-15(19(22)8-14)11-27-7-6-25-26-27;1-5-6(2,3)4;1-2/h2-9,17H,10-12H2,1H3,(H,24,29);1H,2-4H3;1-2H3/t17-;;/m0../s1. The molecular formula is C28H35F2N5O3Si. The van der Waals surface area contributed by atoms with Crippen molar-refractivity contribution in [2.45, 2.75) is 53.1 Å².